The molecule has 1 amide bonds. The highest BCUT2D eigenvalue weighted by molar-refractivity contribution is 5.93. The Balaban J connectivity index is 2.56. The highest BCUT2D eigenvalue weighted by atomic mass is 16.1. The lowest BCUT2D eigenvalue weighted by molar-refractivity contribution is 0.0947. The Hall–Kier alpha value is -1.38. The molecule has 1 heterocycles. The van der Waals surface area contributed by atoms with Gasteiger partial charge >= 0.3 is 0 Å². The Morgan fingerprint density at radius 1 is 1.57 bits per heavy atom. The number of amides is 1. The first kappa shape index (κ1) is 10.7. The van der Waals surface area contributed by atoms with E-state index >= 15 is 0 Å². The lowest BCUT2D eigenvalue weighted by atomic mass is 10.2. The van der Waals surface area contributed by atoms with Gasteiger partial charge in [-0.1, -0.05) is 19.4 Å². The summed E-state index contributed by atoms with van der Waals surface area (Å²) in [5, 5.41) is 2.84. The number of carbonyl (C=O) groups excluding carboxylic acids is 1. The van der Waals surface area contributed by atoms with Crippen molar-refractivity contribution in [2.45, 2.75) is 26.7 Å². The van der Waals surface area contributed by atoms with E-state index in [4.69, 9.17) is 0 Å². The van der Waals surface area contributed by atoms with E-state index in [9.17, 15) is 4.79 Å². The summed E-state index contributed by atoms with van der Waals surface area (Å²) in [5.74, 6) is -0.0726. The zero-order valence-corrected chi connectivity index (χ0v) is 8.71. The van der Waals surface area contributed by atoms with Crippen LogP contribution in [-0.4, -0.2) is 17.4 Å². The Bertz CT molecular complexity index is 310. The van der Waals surface area contributed by atoms with Crippen molar-refractivity contribution >= 4 is 5.91 Å². The first-order valence-corrected chi connectivity index (χ1v) is 4.95. The molecule has 0 radical (unpaired) electrons. The predicted octanol–water partition coefficient (Wildman–Crippen LogP) is 1.92. The van der Waals surface area contributed by atoms with E-state index in [2.05, 4.69) is 17.2 Å². The zero-order valence-electron chi connectivity index (χ0n) is 8.71. The van der Waals surface area contributed by atoms with Crippen LogP contribution < -0.4 is 5.32 Å². The molecule has 0 saturated heterocycles. The van der Waals surface area contributed by atoms with Crippen molar-refractivity contribution < 1.29 is 4.79 Å². The number of hydrogen-bond acceptors (Lipinski definition) is 2. The average molecular weight is 192 g/mol. The number of nitrogens with one attached hydrogen (secondary N) is 1. The van der Waals surface area contributed by atoms with Crippen molar-refractivity contribution in [2.24, 2.45) is 0 Å². The number of hydrogen-bond donors (Lipinski definition) is 1. The van der Waals surface area contributed by atoms with Crippen LogP contribution in [0.1, 0.15) is 35.8 Å². The minimum Gasteiger partial charge on any atom is -0.351 e. The molecular formula is C11H16N2O. The highest BCUT2D eigenvalue weighted by Crippen LogP contribution is 2.02. The molecule has 0 atom stereocenters. The second-order valence-electron chi connectivity index (χ2n) is 3.28. The summed E-state index contributed by atoms with van der Waals surface area (Å²) in [4.78, 5) is 15.6. The Morgan fingerprint density at radius 3 is 3.00 bits per heavy atom. The van der Waals surface area contributed by atoms with Gasteiger partial charge in [0.25, 0.3) is 5.91 Å². The van der Waals surface area contributed by atoms with Gasteiger partial charge in [-0.15, -0.1) is 0 Å². The van der Waals surface area contributed by atoms with Crippen molar-refractivity contribution in [1.82, 2.24) is 10.3 Å². The molecule has 0 aliphatic carbocycles. The third-order valence-corrected chi connectivity index (χ3v) is 2.04. The van der Waals surface area contributed by atoms with Crippen LogP contribution in [-0.2, 0) is 0 Å². The molecule has 0 bridgehead atoms. The third-order valence-electron chi connectivity index (χ3n) is 2.04. The van der Waals surface area contributed by atoms with Gasteiger partial charge in [0.05, 0.1) is 0 Å². The summed E-state index contributed by atoms with van der Waals surface area (Å²) in [7, 11) is 0. The van der Waals surface area contributed by atoms with Crippen molar-refractivity contribution in [3.63, 3.8) is 0 Å². The Morgan fingerprint density at radius 2 is 2.36 bits per heavy atom. The van der Waals surface area contributed by atoms with Crippen LogP contribution in [0.3, 0.4) is 0 Å². The van der Waals surface area contributed by atoms with Crippen molar-refractivity contribution in [1.29, 1.82) is 0 Å². The monoisotopic (exact) mass is 192 g/mol. The molecule has 0 aromatic carbocycles. The van der Waals surface area contributed by atoms with Crippen LogP contribution in [0.15, 0.2) is 18.3 Å². The van der Waals surface area contributed by atoms with E-state index < -0.39 is 0 Å². The summed E-state index contributed by atoms with van der Waals surface area (Å²) < 4.78 is 0. The number of nitrogens with zero attached hydrogens (tertiary/aromatic N) is 1. The lowest BCUT2D eigenvalue weighted by Crippen LogP contribution is -2.25. The molecule has 3 heteroatoms. The molecule has 1 aromatic heterocycles. The van der Waals surface area contributed by atoms with Crippen LogP contribution in [0.25, 0.3) is 0 Å². The number of aryl methyl sites for hydroxylation is 1. The van der Waals surface area contributed by atoms with E-state index in [0.717, 1.165) is 24.9 Å². The molecule has 1 rings (SSSR count). The molecule has 1 aromatic rings. The Kier molecular flexibility index (Phi) is 4.11. The molecule has 0 fully saturated rings. The first-order chi connectivity index (χ1) is 6.75. The van der Waals surface area contributed by atoms with Crippen LogP contribution in [0.5, 0.6) is 0 Å². The van der Waals surface area contributed by atoms with Crippen molar-refractivity contribution in [3.05, 3.63) is 29.6 Å². The summed E-state index contributed by atoms with van der Waals surface area (Å²) in [6.07, 6.45) is 3.74. The topological polar surface area (TPSA) is 42.0 Å². The van der Waals surface area contributed by atoms with Crippen LogP contribution in [0, 0.1) is 6.92 Å². The molecule has 0 aliphatic heterocycles. The fourth-order valence-electron chi connectivity index (χ4n) is 1.19. The van der Waals surface area contributed by atoms with Gasteiger partial charge in [0, 0.05) is 12.7 Å². The quantitative estimate of drug-likeness (QED) is 0.740. The molecule has 1 N–H and O–H groups in total. The maximum absolute atomic E-state index is 11.6. The van der Waals surface area contributed by atoms with E-state index in [-0.39, 0.29) is 5.91 Å². The minimum atomic E-state index is -0.0726. The van der Waals surface area contributed by atoms with Crippen LogP contribution >= 0.6 is 0 Å². The minimum absolute atomic E-state index is 0.0726. The standard InChI is InChI=1S/C11H16N2O/c1-3-4-7-13-11(14)10-9(2)6-5-8-12-10/h5-6,8H,3-4,7H2,1-2H3,(H,13,14). The molecule has 14 heavy (non-hydrogen) atoms. The number of carbonyl (C=O) groups is 1. The maximum atomic E-state index is 11.6. The second kappa shape index (κ2) is 5.37. The fraction of sp³-hybridized carbons (Fsp3) is 0.455. The molecule has 0 spiro atoms. The van der Waals surface area contributed by atoms with Gasteiger partial charge in [-0.2, -0.15) is 0 Å². The van der Waals surface area contributed by atoms with Gasteiger partial charge in [-0.05, 0) is 25.0 Å². The molecule has 0 aliphatic rings. The normalized spacial score (nSPS) is 9.86. The van der Waals surface area contributed by atoms with Gasteiger partial charge in [0.1, 0.15) is 5.69 Å². The summed E-state index contributed by atoms with van der Waals surface area (Å²) in [6.45, 7) is 4.71. The highest BCUT2D eigenvalue weighted by Gasteiger charge is 2.07. The number of aromatic nitrogens is 1. The maximum Gasteiger partial charge on any atom is 0.270 e. The zero-order chi connectivity index (χ0) is 10.4. The lowest BCUT2D eigenvalue weighted by Gasteiger charge is -2.05. The van der Waals surface area contributed by atoms with Gasteiger partial charge in [0.2, 0.25) is 0 Å². The van der Waals surface area contributed by atoms with Gasteiger partial charge in [0.15, 0.2) is 0 Å². The predicted molar refractivity (Wildman–Crippen MR) is 56.2 cm³/mol. The van der Waals surface area contributed by atoms with E-state index in [1.165, 1.54) is 0 Å². The summed E-state index contributed by atoms with van der Waals surface area (Å²) in [6, 6.07) is 3.72. The third kappa shape index (κ3) is 2.83. The molecule has 0 saturated carbocycles. The summed E-state index contributed by atoms with van der Waals surface area (Å²) >= 11 is 0. The van der Waals surface area contributed by atoms with E-state index in [1.54, 1.807) is 6.20 Å². The Labute approximate surface area is 84.6 Å². The fourth-order valence-corrected chi connectivity index (χ4v) is 1.19. The second-order valence-corrected chi connectivity index (χ2v) is 3.28. The van der Waals surface area contributed by atoms with Gasteiger partial charge < -0.3 is 5.32 Å². The number of pyridine rings is 1. The van der Waals surface area contributed by atoms with E-state index in [0.29, 0.717) is 5.69 Å². The molecule has 76 valence electrons. The molecular weight excluding hydrogens is 176 g/mol. The smallest absolute Gasteiger partial charge is 0.270 e. The molecule has 3 nitrogen and oxygen atoms in total. The van der Waals surface area contributed by atoms with Gasteiger partial charge in [-0.25, -0.2) is 0 Å². The number of rotatable bonds is 4. The van der Waals surface area contributed by atoms with E-state index in [1.807, 2.05) is 19.1 Å². The SMILES string of the molecule is CCCCNC(=O)c1ncccc1C. The molecule has 0 unspecified atom stereocenters. The average Bonchev–Trinajstić information content (AvgIpc) is 2.18. The number of unbranched alkanes of at least 4 members (excludes halogenated alkanes) is 1. The largest absolute Gasteiger partial charge is 0.351 e. The van der Waals surface area contributed by atoms with Crippen molar-refractivity contribution in [3.8, 4) is 0 Å². The summed E-state index contributed by atoms with van der Waals surface area (Å²) in [5.41, 5.74) is 1.45. The van der Waals surface area contributed by atoms with Crippen LogP contribution in [0.4, 0.5) is 0 Å². The van der Waals surface area contributed by atoms with Crippen LogP contribution in [0.2, 0.25) is 0 Å². The van der Waals surface area contributed by atoms with Crippen molar-refractivity contribution in [2.75, 3.05) is 6.54 Å². The first-order valence-electron chi connectivity index (χ1n) is 4.95. The van der Waals surface area contributed by atoms with Gasteiger partial charge in [-0.3, -0.25) is 9.78 Å².